The fourth-order valence-electron chi connectivity index (χ4n) is 1.57. The van der Waals surface area contributed by atoms with Crippen molar-refractivity contribution in [2.24, 2.45) is 0 Å². The molecule has 0 aliphatic heterocycles. The zero-order valence-corrected chi connectivity index (χ0v) is 11.4. The molecule has 0 fully saturated rings. The summed E-state index contributed by atoms with van der Waals surface area (Å²) in [7, 11) is 1.33. The van der Waals surface area contributed by atoms with Gasteiger partial charge in [0.05, 0.1) is 13.5 Å². The third kappa shape index (κ3) is 4.42. The van der Waals surface area contributed by atoms with E-state index < -0.39 is 17.8 Å². The number of nitrogens with one attached hydrogen (secondary N) is 1. The number of urea groups is 1. The van der Waals surface area contributed by atoms with Gasteiger partial charge in [-0.25, -0.2) is 9.18 Å². The Morgan fingerprint density at radius 1 is 1.45 bits per heavy atom. The third-order valence-electron chi connectivity index (χ3n) is 2.67. The van der Waals surface area contributed by atoms with Crippen LogP contribution in [0.15, 0.2) is 18.2 Å². The maximum Gasteiger partial charge on any atom is 0.321 e. The lowest BCUT2D eigenvalue weighted by molar-refractivity contribution is -0.137. The van der Waals surface area contributed by atoms with Gasteiger partial charge in [0.2, 0.25) is 0 Å². The van der Waals surface area contributed by atoms with E-state index in [1.54, 1.807) is 6.92 Å². The van der Waals surface area contributed by atoms with Gasteiger partial charge in [0.25, 0.3) is 0 Å². The van der Waals surface area contributed by atoms with Gasteiger partial charge in [0, 0.05) is 24.8 Å². The molecule has 0 saturated carbocycles. The summed E-state index contributed by atoms with van der Waals surface area (Å²) in [6, 6.07) is 3.50. The first-order valence-electron chi connectivity index (χ1n) is 6.09. The highest BCUT2D eigenvalue weighted by atomic mass is 19.1. The van der Waals surface area contributed by atoms with Crippen molar-refractivity contribution in [1.29, 1.82) is 0 Å². The van der Waals surface area contributed by atoms with Gasteiger partial charge in [-0.2, -0.15) is 0 Å². The molecule has 1 aromatic carbocycles. The van der Waals surface area contributed by atoms with Gasteiger partial charge < -0.3 is 20.1 Å². The Bertz CT molecular complexity index is 493. The minimum Gasteiger partial charge on any atom is -0.494 e. The van der Waals surface area contributed by atoms with E-state index in [4.69, 9.17) is 9.84 Å². The molecule has 7 heteroatoms. The molecule has 0 unspecified atom stereocenters. The SMILES string of the molecule is CCN(CCC(=O)O)C(=O)Nc1ccc(F)c(OC)c1. The molecule has 0 aromatic heterocycles. The van der Waals surface area contributed by atoms with Crippen LogP contribution in [-0.4, -0.2) is 42.2 Å². The van der Waals surface area contributed by atoms with Gasteiger partial charge in [-0.05, 0) is 19.1 Å². The molecule has 0 aliphatic rings. The van der Waals surface area contributed by atoms with Crippen LogP contribution in [0.1, 0.15) is 13.3 Å². The number of carbonyl (C=O) groups excluding carboxylic acids is 1. The molecule has 2 amide bonds. The van der Waals surface area contributed by atoms with E-state index in [1.807, 2.05) is 0 Å². The van der Waals surface area contributed by atoms with Crippen LogP contribution >= 0.6 is 0 Å². The minimum absolute atomic E-state index is 0.0244. The van der Waals surface area contributed by atoms with E-state index >= 15 is 0 Å². The Morgan fingerprint density at radius 2 is 2.15 bits per heavy atom. The fourth-order valence-corrected chi connectivity index (χ4v) is 1.57. The Hall–Kier alpha value is -2.31. The van der Waals surface area contributed by atoms with Crippen LogP contribution in [0.3, 0.4) is 0 Å². The first kappa shape index (κ1) is 15.7. The summed E-state index contributed by atoms with van der Waals surface area (Å²) in [4.78, 5) is 23.8. The molecule has 0 radical (unpaired) electrons. The van der Waals surface area contributed by atoms with Gasteiger partial charge in [-0.3, -0.25) is 4.79 Å². The van der Waals surface area contributed by atoms with E-state index in [0.717, 1.165) is 0 Å². The number of methoxy groups -OCH3 is 1. The number of carboxylic acid groups (broad SMARTS) is 1. The predicted octanol–water partition coefficient (Wildman–Crippen LogP) is 2.16. The van der Waals surface area contributed by atoms with Crippen LogP contribution in [-0.2, 0) is 4.79 Å². The second-order valence-corrected chi connectivity index (χ2v) is 4.00. The second kappa shape index (κ2) is 7.32. The monoisotopic (exact) mass is 284 g/mol. The van der Waals surface area contributed by atoms with E-state index in [1.165, 1.54) is 30.2 Å². The highest BCUT2D eigenvalue weighted by molar-refractivity contribution is 5.89. The topological polar surface area (TPSA) is 78.9 Å². The van der Waals surface area contributed by atoms with E-state index in [0.29, 0.717) is 12.2 Å². The summed E-state index contributed by atoms with van der Waals surface area (Å²) in [5.41, 5.74) is 0.377. The minimum atomic E-state index is -0.972. The van der Waals surface area contributed by atoms with Gasteiger partial charge in [-0.15, -0.1) is 0 Å². The average molecular weight is 284 g/mol. The zero-order chi connectivity index (χ0) is 15.1. The Kier molecular flexibility index (Phi) is 5.76. The number of rotatable bonds is 6. The van der Waals surface area contributed by atoms with Crippen LogP contribution in [0, 0.1) is 5.82 Å². The van der Waals surface area contributed by atoms with E-state index in [2.05, 4.69) is 5.32 Å². The van der Waals surface area contributed by atoms with Crippen molar-refractivity contribution in [3.8, 4) is 5.75 Å². The van der Waals surface area contributed by atoms with Crippen molar-refractivity contribution >= 4 is 17.7 Å². The number of hydrogen-bond acceptors (Lipinski definition) is 3. The summed E-state index contributed by atoms with van der Waals surface area (Å²) in [6.45, 7) is 2.22. The first-order chi connectivity index (χ1) is 9.47. The molecule has 0 heterocycles. The molecule has 2 N–H and O–H groups in total. The molecular weight excluding hydrogens is 267 g/mol. The molecule has 0 saturated heterocycles. The quantitative estimate of drug-likeness (QED) is 0.839. The maximum absolute atomic E-state index is 13.2. The van der Waals surface area contributed by atoms with Crippen molar-refractivity contribution in [2.75, 3.05) is 25.5 Å². The number of ether oxygens (including phenoxy) is 1. The van der Waals surface area contributed by atoms with Crippen LogP contribution in [0.25, 0.3) is 0 Å². The number of aliphatic carboxylic acids is 1. The predicted molar refractivity (Wildman–Crippen MR) is 71.5 cm³/mol. The van der Waals surface area contributed by atoms with Crippen molar-refractivity contribution in [2.45, 2.75) is 13.3 Å². The molecule has 0 aliphatic carbocycles. The van der Waals surface area contributed by atoms with Crippen LogP contribution in [0.4, 0.5) is 14.9 Å². The molecule has 1 aromatic rings. The fraction of sp³-hybridized carbons (Fsp3) is 0.385. The maximum atomic E-state index is 13.2. The standard InChI is InChI=1S/C13H17FN2O4/c1-3-16(7-6-12(17)18)13(19)15-9-4-5-10(14)11(8-9)20-2/h4-5,8H,3,6-7H2,1-2H3,(H,15,19)(H,17,18). The van der Waals surface area contributed by atoms with Gasteiger partial charge in [0.1, 0.15) is 0 Å². The second-order valence-electron chi connectivity index (χ2n) is 4.00. The molecule has 0 atom stereocenters. The molecular formula is C13H17FN2O4. The van der Waals surface area contributed by atoms with Crippen molar-refractivity contribution < 1.29 is 23.8 Å². The summed E-state index contributed by atoms with van der Waals surface area (Å²) in [6.07, 6.45) is -0.131. The molecule has 1 rings (SSSR count). The van der Waals surface area contributed by atoms with Gasteiger partial charge in [0.15, 0.2) is 11.6 Å². The van der Waals surface area contributed by atoms with Crippen LogP contribution in [0.2, 0.25) is 0 Å². The normalized spacial score (nSPS) is 9.95. The summed E-state index contributed by atoms with van der Waals surface area (Å²) >= 11 is 0. The molecule has 0 spiro atoms. The lowest BCUT2D eigenvalue weighted by Gasteiger charge is -2.20. The van der Waals surface area contributed by atoms with Crippen molar-refractivity contribution in [3.05, 3.63) is 24.0 Å². The van der Waals surface area contributed by atoms with Crippen LogP contribution < -0.4 is 10.1 Å². The van der Waals surface area contributed by atoms with Crippen LogP contribution in [0.5, 0.6) is 5.75 Å². The number of hydrogen-bond donors (Lipinski definition) is 2. The van der Waals surface area contributed by atoms with E-state index in [9.17, 15) is 14.0 Å². The number of halogens is 1. The summed E-state index contributed by atoms with van der Waals surface area (Å²) < 4.78 is 18.0. The molecule has 20 heavy (non-hydrogen) atoms. The lowest BCUT2D eigenvalue weighted by atomic mass is 10.3. The summed E-state index contributed by atoms with van der Waals surface area (Å²) in [5.74, 6) is -1.47. The van der Waals surface area contributed by atoms with Gasteiger partial charge >= 0.3 is 12.0 Å². The smallest absolute Gasteiger partial charge is 0.321 e. The average Bonchev–Trinajstić information content (AvgIpc) is 2.41. The van der Waals surface area contributed by atoms with Crippen molar-refractivity contribution in [3.63, 3.8) is 0 Å². The van der Waals surface area contributed by atoms with Crippen molar-refractivity contribution in [1.82, 2.24) is 4.90 Å². The van der Waals surface area contributed by atoms with Gasteiger partial charge in [-0.1, -0.05) is 0 Å². The largest absolute Gasteiger partial charge is 0.494 e. The number of nitrogens with zero attached hydrogens (tertiary/aromatic N) is 1. The van der Waals surface area contributed by atoms with E-state index in [-0.39, 0.29) is 18.7 Å². The molecule has 6 nitrogen and oxygen atoms in total. The molecule has 110 valence electrons. The number of benzene rings is 1. The zero-order valence-electron chi connectivity index (χ0n) is 11.4. The Labute approximate surface area is 116 Å². The number of amides is 2. The number of carbonyl (C=O) groups is 2. The highest BCUT2D eigenvalue weighted by Crippen LogP contribution is 2.21. The lowest BCUT2D eigenvalue weighted by Crippen LogP contribution is -2.36. The third-order valence-corrected chi connectivity index (χ3v) is 2.67. The Morgan fingerprint density at radius 3 is 2.70 bits per heavy atom. The first-order valence-corrected chi connectivity index (χ1v) is 6.09. The number of anilines is 1. The summed E-state index contributed by atoms with van der Waals surface area (Å²) in [5, 5.41) is 11.2. The Balaban J connectivity index is 2.70. The highest BCUT2D eigenvalue weighted by Gasteiger charge is 2.14. The number of carboxylic acids is 1. The molecule has 0 bridgehead atoms.